The molecule has 1 aromatic carbocycles. The molecule has 0 saturated carbocycles. The molecule has 23 heavy (non-hydrogen) atoms. The SMILES string of the molecule is CNC1=C(c2cc(OC)ccn2)C(=O)[C@H](c2cccc(Cl)c2)O1. The van der Waals surface area contributed by atoms with Crippen molar-refractivity contribution in [3.63, 3.8) is 0 Å². The first-order valence-electron chi connectivity index (χ1n) is 7.03. The number of ether oxygens (including phenoxy) is 2. The van der Waals surface area contributed by atoms with Crippen LogP contribution in [-0.4, -0.2) is 24.9 Å². The Morgan fingerprint density at radius 3 is 2.83 bits per heavy atom. The van der Waals surface area contributed by atoms with E-state index >= 15 is 0 Å². The predicted octanol–water partition coefficient (Wildman–Crippen LogP) is 2.97. The van der Waals surface area contributed by atoms with Crippen LogP contribution in [0.4, 0.5) is 0 Å². The number of aromatic nitrogens is 1. The molecule has 0 saturated heterocycles. The molecule has 2 heterocycles. The van der Waals surface area contributed by atoms with E-state index in [2.05, 4.69) is 10.3 Å². The Labute approximate surface area is 138 Å². The van der Waals surface area contributed by atoms with Crippen molar-refractivity contribution < 1.29 is 14.3 Å². The minimum absolute atomic E-state index is 0.169. The van der Waals surface area contributed by atoms with Crippen LogP contribution < -0.4 is 10.1 Å². The lowest BCUT2D eigenvalue weighted by Crippen LogP contribution is -2.10. The van der Waals surface area contributed by atoms with Gasteiger partial charge < -0.3 is 14.8 Å². The second-order valence-corrected chi connectivity index (χ2v) is 5.39. The van der Waals surface area contributed by atoms with Crippen LogP contribution >= 0.6 is 11.6 Å². The Bertz CT molecular complexity index is 789. The Morgan fingerprint density at radius 2 is 2.13 bits per heavy atom. The highest BCUT2D eigenvalue weighted by Gasteiger charge is 2.37. The Kier molecular flexibility index (Phi) is 4.21. The summed E-state index contributed by atoms with van der Waals surface area (Å²) >= 11 is 6.01. The summed E-state index contributed by atoms with van der Waals surface area (Å²) in [6, 6.07) is 10.5. The molecule has 0 amide bonds. The summed E-state index contributed by atoms with van der Waals surface area (Å²) in [4.78, 5) is 17.1. The number of benzene rings is 1. The van der Waals surface area contributed by atoms with Gasteiger partial charge in [0.05, 0.1) is 12.8 Å². The molecule has 2 aromatic rings. The van der Waals surface area contributed by atoms with E-state index in [1.807, 2.05) is 6.07 Å². The molecular weight excluding hydrogens is 316 g/mol. The number of hydrogen-bond donors (Lipinski definition) is 1. The van der Waals surface area contributed by atoms with E-state index in [0.29, 0.717) is 33.5 Å². The number of halogens is 1. The van der Waals surface area contributed by atoms with Crippen LogP contribution in [-0.2, 0) is 9.53 Å². The number of nitrogens with one attached hydrogen (secondary N) is 1. The largest absolute Gasteiger partial charge is 0.497 e. The number of carbonyl (C=O) groups excluding carboxylic acids is 1. The highest BCUT2D eigenvalue weighted by molar-refractivity contribution is 6.30. The molecule has 0 radical (unpaired) electrons. The van der Waals surface area contributed by atoms with Gasteiger partial charge in [-0.1, -0.05) is 23.7 Å². The molecule has 0 spiro atoms. The number of nitrogens with zero attached hydrogens (tertiary/aromatic N) is 1. The number of hydrogen-bond acceptors (Lipinski definition) is 5. The maximum absolute atomic E-state index is 12.8. The summed E-state index contributed by atoms with van der Waals surface area (Å²) in [7, 11) is 3.26. The highest BCUT2D eigenvalue weighted by Crippen LogP contribution is 2.37. The van der Waals surface area contributed by atoms with Gasteiger partial charge in [-0.05, 0) is 18.2 Å². The zero-order valence-electron chi connectivity index (χ0n) is 12.7. The molecular formula is C17H15ClN2O3. The fourth-order valence-corrected chi connectivity index (χ4v) is 2.66. The van der Waals surface area contributed by atoms with Crippen molar-refractivity contribution in [2.45, 2.75) is 6.10 Å². The van der Waals surface area contributed by atoms with Crippen LogP contribution in [0.1, 0.15) is 17.4 Å². The molecule has 6 heteroatoms. The van der Waals surface area contributed by atoms with Crippen LogP contribution in [0.2, 0.25) is 5.02 Å². The van der Waals surface area contributed by atoms with Crippen molar-refractivity contribution in [3.8, 4) is 5.75 Å². The molecule has 0 fully saturated rings. The van der Waals surface area contributed by atoms with Crippen LogP contribution in [0.15, 0.2) is 48.5 Å². The smallest absolute Gasteiger partial charge is 0.215 e. The van der Waals surface area contributed by atoms with Crippen molar-refractivity contribution in [1.29, 1.82) is 0 Å². The molecule has 118 valence electrons. The maximum atomic E-state index is 12.8. The zero-order valence-corrected chi connectivity index (χ0v) is 13.4. The van der Waals surface area contributed by atoms with Crippen molar-refractivity contribution in [2.24, 2.45) is 0 Å². The summed E-state index contributed by atoms with van der Waals surface area (Å²) in [6.45, 7) is 0. The number of ketones is 1. The molecule has 5 nitrogen and oxygen atoms in total. The first-order chi connectivity index (χ1) is 11.1. The monoisotopic (exact) mass is 330 g/mol. The maximum Gasteiger partial charge on any atom is 0.215 e. The lowest BCUT2D eigenvalue weighted by molar-refractivity contribution is -0.120. The Morgan fingerprint density at radius 1 is 1.30 bits per heavy atom. The van der Waals surface area contributed by atoms with Gasteiger partial charge in [0.15, 0.2) is 6.10 Å². The van der Waals surface area contributed by atoms with Gasteiger partial charge in [-0.15, -0.1) is 0 Å². The third-order valence-electron chi connectivity index (χ3n) is 3.55. The molecule has 1 N–H and O–H groups in total. The van der Waals surface area contributed by atoms with Crippen LogP contribution in [0.5, 0.6) is 5.75 Å². The molecule has 0 unspecified atom stereocenters. The van der Waals surface area contributed by atoms with Crippen LogP contribution in [0.25, 0.3) is 5.57 Å². The van der Waals surface area contributed by atoms with E-state index in [1.165, 1.54) is 0 Å². The van der Waals surface area contributed by atoms with Crippen molar-refractivity contribution in [1.82, 2.24) is 10.3 Å². The summed E-state index contributed by atoms with van der Waals surface area (Å²) in [5, 5.41) is 3.47. The summed E-state index contributed by atoms with van der Waals surface area (Å²) < 4.78 is 11.0. The number of pyridine rings is 1. The minimum atomic E-state index is -0.737. The van der Waals surface area contributed by atoms with Crippen LogP contribution in [0.3, 0.4) is 0 Å². The minimum Gasteiger partial charge on any atom is -0.497 e. The van der Waals surface area contributed by atoms with Gasteiger partial charge in [0, 0.05) is 29.9 Å². The topological polar surface area (TPSA) is 60.5 Å². The van der Waals surface area contributed by atoms with Crippen LogP contribution in [0, 0.1) is 0 Å². The lowest BCUT2D eigenvalue weighted by Gasteiger charge is -2.11. The molecule has 1 aliphatic heterocycles. The van der Waals surface area contributed by atoms with Gasteiger partial charge in [0.1, 0.15) is 11.3 Å². The molecule has 1 aromatic heterocycles. The fourth-order valence-electron chi connectivity index (χ4n) is 2.46. The average molecular weight is 331 g/mol. The van der Waals surface area contributed by atoms with Gasteiger partial charge in [-0.3, -0.25) is 9.78 Å². The van der Waals surface area contributed by atoms with Crippen molar-refractivity contribution >= 4 is 23.0 Å². The molecule has 0 bridgehead atoms. The predicted molar refractivity (Wildman–Crippen MR) is 87.1 cm³/mol. The normalized spacial score (nSPS) is 17.2. The molecule has 3 rings (SSSR count). The lowest BCUT2D eigenvalue weighted by atomic mass is 10.00. The Hall–Kier alpha value is -2.53. The van der Waals surface area contributed by atoms with Gasteiger partial charge in [0.25, 0.3) is 0 Å². The second kappa shape index (κ2) is 6.30. The average Bonchev–Trinajstić information content (AvgIpc) is 2.91. The van der Waals surface area contributed by atoms with E-state index in [0.717, 1.165) is 0 Å². The summed E-state index contributed by atoms with van der Waals surface area (Å²) in [5.74, 6) is 0.843. The van der Waals surface area contributed by atoms with E-state index in [1.54, 1.807) is 50.7 Å². The number of rotatable bonds is 4. The second-order valence-electron chi connectivity index (χ2n) is 4.95. The number of Topliss-reactive ketones (excluding diaryl/α,β-unsaturated/α-hetero) is 1. The molecule has 1 atom stereocenters. The van der Waals surface area contributed by atoms with Crippen molar-refractivity contribution in [3.05, 3.63) is 64.8 Å². The zero-order chi connectivity index (χ0) is 16.4. The van der Waals surface area contributed by atoms with E-state index < -0.39 is 6.10 Å². The quantitative estimate of drug-likeness (QED) is 0.934. The molecule has 0 aliphatic carbocycles. The van der Waals surface area contributed by atoms with Gasteiger partial charge in [0.2, 0.25) is 11.7 Å². The molecule has 1 aliphatic rings. The highest BCUT2D eigenvalue weighted by atomic mass is 35.5. The summed E-state index contributed by atoms with van der Waals surface area (Å²) in [5.41, 5.74) is 1.60. The van der Waals surface area contributed by atoms with E-state index in [9.17, 15) is 4.79 Å². The third kappa shape index (κ3) is 2.87. The van der Waals surface area contributed by atoms with Gasteiger partial charge in [-0.2, -0.15) is 0 Å². The van der Waals surface area contributed by atoms with E-state index in [4.69, 9.17) is 21.1 Å². The fraction of sp³-hybridized carbons (Fsp3) is 0.176. The third-order valence-corrected chi connectivity index (χ3v) is 3.78. The number of carbonyl (C=O) groups is 1. The first-order valence-corrected chi connectivity index (χ1v) is 7.40. The number of methoxy groups -OCH3 is 1. The Balaban J connectivity index is 2.00. The first kappa shape index (κ1) is 15.4. The summed E-state index contributed by atoms with van der Waals surface area (Å²) in [6.07, 6.45) is 0.855. The van der Waals surface area contributed by atoms with Crippen molar-refractivity contribution in [2.75, 3.05) is 14.2 Å². The van der Waals surface area contributed by atoms with Gasteiger partial charge in [-0.25, -0.2) is 0 Å². The van der Waals surface area contributed by atoms with E-state index in [-0.39, 0.29) is 5.78 Å². The van der Waals surface area contributed by atoms with Gasteiger partial charge >= 0.3 is 0 Å². The standard InChI is InChI=1S/C17H15ClN2O3/c1-19-17-14(13-9-12(22-2)6-7-20-13)15(21)16(23-17)10-4-3-5-11(18)8-10/h3-9,16,19H,1-2H3/t16-/m0/s1.